The smallest absolute Gasteiger partial charge is 0.328 e. The Hall–Kier alpha value is -1.18. The van der Waals surface area contributed by atoms with E-state index in [-0.39, 0.29) is 6.42 Å². The van der Waals surface area contributed by atoms with Crippen LogP contribution in [0.4, 0.5) is 0 Å². The maximum absolute atomic E-state index is 10.9. The quantitative estimate of drug-likeness (QED) is 0.297. The number of aliphatic hydroxyl groups is 1. The number of aliphatic carboxylic acids is 1. The lowest BCUT2D eigenvalue weighted by Crippen LogP contribution is -2.46. The van der Waals surface area contributed by atoms with E-state index in [1.54, 1.807) is 0 Å². The molecular weight excluding hydrogens is 178 g/mol. The van der Waals surface area contributed by atoms with Crippen molar-refractivity contribution in [1.29, 1.82) is 0 Å². The first kappa shape index (κ1) is 11.8. The van der Waals surface area contributed by atoms with Gasteiger partial charge in [-0.05, 0) is 0 Å². The Bertz CT molecular complexity index is 194. The maximum atomic E-state index is 10.9. The summed E-state index contributed by atoms with van der Waals surface area (Å²) in [6, 6.07) is -1.30. The number of aliphatic hydroxyl groups excluding tert-OH is 1. The summed E-state index contributed by atoms with van der Waals surface area (Å²) in [5.74, 6) is -1.90. The van der Waals surface area contributed by atoms with Crippen LogP contribution in [0.1, 0.15) is 6.42 Å². The minimum absolute atomic E-state index is 0.177. The van der Waals surface area contributed by atoms with E-state index in [1.165, 1.54) is 0 Å². The van der Waals surface area contributed by atoms with E-state index in [0.29, 0.717) is 0 Å². The number of hydrogen-bond donors (Lipinski definition) is 5. The van der Waals surface area contributed by atoms with Crippen molar-refractivity contribution in [2.45, 2.75) is 18.6 Å². The molecule has 0 aromatic rings. The van der Waals surface area contributed by atoms with Crippen molar-refractivity contribution in [3.05, 3.63) is 0 Å². The molecule has 0 spiro atoms. The second-order valence-electron chi connectivity index (χ2n) is 2.51. The molecule has 0 aliphatic rings. The molecular formula is C6H13N3O4. The second kappa shape index (κ2) is 5.46. The average molecular weight is 191 g/mol. The van der Waals surface area contributed by atoms with Crippen molar-refractivity contribution in [3.63, 3.8) is 0 Å². The normalized spacial score (nSPS) is 12.6. The second-order valence-corrected chi connectivity index (χ2v) is 2.51. The highest BCUT2D eigenvalue weighted by Crippen LogP contribution is 1.86. The number of amides is 1. The number of nitrogens with two attached hydrogens (primary N) is 2. The van der Waals surface area contributed by atoms with Crippen LogP contribution < -0.4 is 16.8 Å². The van der Waals surface area contributed by atoms with Gasteiger partial charge in [0.1, 0.15) is 6.04 Å². The fraction of sp³-hybridized carbons (Fsp3) is 0.667. The maximum Gasteiger partial charge on any atom is 0.328 e. The number of hydrogen-bond acceptors (Lipinski definition) is 5. The summed E-state index contributed by atoms with van der Waals surface area (Å²) in [6.45, 7) is -0.666. The van der Waals surface area contributed by atoms with Gasteiger partial charge in [-0.3, -0.25) is 4.79 Å². The Labute approximate surface area is 74.7 Å². The summed E-state index contributed by atoms with van der Waals surface area (Å²) >= 11 is 0. The minimum atomic E-state index is -1.30. The van der Waals surface area contributed by atoms with Gasteiger partial charge in [-0.2, -0.15) is 0 Å². The standard InChI is InChI=1S/C6H13N3O4/c7-4(8)1-5(11)9-3(2-10)6(12)13/h3-4,10H,1-2,7-8H2,(H,9,11)(H,12,13)/t3-/m0/s1. The van der Waals surface area contributed by atoms with Crippen LogP contribution in [-0.4, -0.2) is 40.9 Å². The summed E-state index contributed by atoms with van der Waals surface area (Å²) < 4.78 is 0. The van der Waals surface area contributed by atoms with Crippen molar-refractivity contribution in [2.75, 3.05) is 6.61 Å². The highest BCUT2D eigenvalue weighted by molar-refractivity contribution is 5.83. The van der Waals surface area contributed by atoms with Crippen LogP contribution >= 0.6 is 0 Å². The molecule has 0 fully saturated rings. The summed E-state index contributed by atoms with van der Waals surface area (Å²) in [5.41, 5.74) is 10.2. The summed E-state index contributed by atoms with van der Waals surface area (Å²) in [7, 11) is 0. The first-order chi connectivity index (χ1) is 5.97. The van der Waals surface area contributed by atoms with Crippen molar-refractivity contribution < 1.29 is 19.8 Å². The Kier molecular flexibility index (Phi) is 4.97. The predicted octanol–water partition coefficient (Wildman–Crippen LogP) is -2.82. The molecule has 0 saturated heterocycles. The number of carbonyl (C=O) groups excluding carboxylic acids is 1. The van der Waals surface area contributed by atoms with Gasteiger partial charge in [-0.1, -0.05) is 0 Å². The Morgan fingerprint density at radius 3 is 2.23 bits per heavy atom. The zero-order valence-electron chi connectivity index (χ0n) is 6.93. The van der Waals surface area contributed by atoms with Crippen molar-refractivity contribution in [1.82, 2.24) is 5.32 Å². The molecule has 0 aliphatic heterocycles. The molecule has 0 aromatic heterocycles. The number of rotatable bonds is 5. The highest BCUT2D eigenvalue weighted by atomic mass is 16.4. The zero-order valence-corrected chi connectivity index (χ0v) is 6.93. The van der Waals surface area contributed by atoms with Crippen LogP contribution in [0.2, 0.25) is 0 Å². The summed E-state index contributed by atoms with van der Waals surface area (Å²) in [4.78, 5) is 21.2. The molecule has 7 nitrogen and oxygen atoms in total. The number of carboxylic acid groups (broad SMARTS) is 1. The van der Waals surface area contributed by atoms with E-state index in [0.717, 1.165) is 0 Å². The van der Waals surface area contributed by atoms with Crippen molar-refractivity contribution >= 4 is 11.9 Å². The summed E-state index contributed by atoms with van der Waals surface area (Å²) in [6.07, 6.45) is -1.00. The van der Waals surface area contributed by atoms with E-state index in [4.69, 9.17) is 21.7 Å². The molecule has 7 N–H and O–H groups in total. The SMILES string of the molecule is NC(N)CC(=O)N[C@@H](CO)C(=O)O. The minimum Gasteiger partial charge on any atom is -0.480 e. The molecule has 0 heterocycles. The fourth-order valence-electron chi connectivity index (χ4n) is 0.653. The van der Waals surface area contributed by atoms with Crippen LogP contribution in [0.15, 0.2) is 0 Å². The van der Waals surface area contributed by atoms with Gasteiger partial charge in [0.05, 0.1) is 19.2 Å². The van der Waals surface area contributed by atoms with Gasteiger partial charge in [0.25, 0.3) is 0 Å². The molecule has 0 rings (SSSR count). The van der Waals surface area contributed by atoms with Gasteiger partial charge < -0.3 is 27.0 Å². The third-order valence-electron chi connectivity index (χ3n) is 1.24. The van der Waals surface area contributed by atoms with Gasteiger partial charge >= 0.3 is 5.97 Å². The van der Waals surface area contributed by atoms with E-state index < -0.39 is 30.7 Å². The lowest BCUT2D eigenvalue weighted by atomic mass is 10.3. The van der Waals surface area contributed by atoms with Gasteiger partial charge in [-0.25, -0.2) is 4.79 Å². The molecule has 0 aliphatic carbocycles. The van der Waals surface area contributed by atoms with E-state index in [1.807, 2.05) is 5.32 Å². The first-order valence-electron chi connectivity index (χ1n) is 3.61. The van der Waals surface area contributed by atoms with E-state index in [9.17, 15) is 9.59 Å². The first-order valence-corrected chi connectivity index (χ1v) is 3.61. The molecule has 13 heavy (non-hydrogen) atoms. The van der Waals surface area contributed by atoms with Crippen LogP contribution in [0.25, 0.3) is 0 Å². The van der Waals surface area contributed by atoms with E-state index >= 15 is 0 Å². The average Bonchev–Trinajstić information content (AvgIpc) is 1.98. The highest BCUT2D eigenvalue weighted by Gasteiger charge is 2.18. The molecule has 0 unspecified atom stereocenters. The van der Waals surface area contributed by atoms with Crippen LogP contribution in [0, 0.1) is 0 Å². The molecule has 0 saturated carbocycles. The molecule has 0 radical (unpaired) electrons. The lowest BCUT2D eigenvalue weighted by molar-refractivity contribution is -0.143. The lowest BCUT2D eigenvalue weighted by Gasteiger charge is -2.12. The zero-order chi connectivity index (χ0) is 10.4. The Morgan fingerprint density at radius 1 is 1.38 bits per heavy atom. The monoisotopic (exact) mass is 191 g/mol. The van der Waals surface area contributed by atoms with E-state index in [2.05, 4.69) is 0 Å². The molecule has 0 aromatic carbocycles. The molecule has 1 atom stereocenters. The van der Waals surface area contributed by atoms with Crippen LogP contribution in [0.5, 0.6) is 0 Å². The van der Waals surface area contributed by atoms with Gasteiger partial charge in [0.15, 0.2) is 0 Å². The van der Waals surface area contributed by atoms with Crippen LogP contribution in [-0.2, 0) is 9.59 Å². The third-order valence-corrected chi connectivity index (χ3v) is 1.24. The number of carbonyl (C=O) groups is 2. The van der Waals surface area contributed by atoms with Gasteiger partial charge in [0, 0.05) is 0 Å². The van der Waals surface area contributed by atoms with Crippen LogP contribution in [0.3, 0.4) is 0 Å². The molecule has 76 valence electrons. The van der Waals surface area contributed by atoms with Crippen molar-refractivity contribution in [2.24, 2.45) is 11.5 Å². The number of carboxylic acids is 1. The van der Waals surface area contributed by atoms with Crippen molar-refractivity contribution in [3.8, 4) is 0 Å². The largest absolute Gasteiger partial charge is 0.480 e. The molecule has 0 bridgehead atoms. The predicted molar refractivity (Wildman–Crippen MR) is 43.4 cm³/mol. The summed E-state index contributed by atoms with van der Waals surface area (Å²) in [5, 5.41) is 19.0. The molecule has 7 heteroatoms. The third kappa shape index (κ3) is 5.12. The van der Waals surface area contributed by atoms with Gasteiger partial charge in [-0.15, -0.1) is 0 Å². The van der Waals surface area contributed by atoms with Gasteiger partial charge in [0.2, 0.25) is 5.91 Å². The number of nitrogens with one attached hydrogen (secondary N) is 1. The Balaban J connectivity index is 3.94. The topological polar surface area (TPSA) is 139 Å². The fourth-order valence-corrected chi connectivity index (χ4v) is 0.653. The Morgan fingerprint density at radius 2 is 1.92 bits per heavy atom. The molecule has 1 amide bonds.